The highest BCUT2D eigenvalue weighted by molar-refractivity contribution is 6.37. The van der Waals surface area contributed by atoms with E-state index in [0.717, 1.165) is 22.3 Å². The van der Waals surface area contributed by atoms with Crippen molar-refractivity contribution in [1.82, 2.24) is 0 Å². The monoisotopic (exact) mass is 876 g/mol. The van der Waals surface area contributed by atoms with Crippen LogP contribution in [0.4, 0.5) is 11.4 Å². The second-order valence-corrected chi connectivity index (χ2v) is 13.7. The Hall–Kier alpha value is -6.24. The zero-order valence-corrected chi connectivity index (χ0v) is 34.9. The quantitative estimate of drug-likeness (QED) is 0.0941. The topological polar surface area (TPSA) is 163 Å². The van der Waals surface area contributed by atoms with Gasteiger partial charge >= 0.3 is 17.9 Å². The number of nitrogens with one attached hydrogen (secondary N) is 1. The first-order chi connectivity index (χ1) is 28.2. The SMILES string of the molecule is COC(=O)c1ccc(-c2ccccc2)cc1N.COC(=O)c1ccc(-c2ccccc2)cc1NC(=O)c1cc(Cl)cc(Cl)c1OC.COc1c(Cl)cc(Cl)cc1C(=O)O. The summed E-state index contributed by atoms with van der Waals surface area (Å²) in [5, 5.41) is 12.4. The van der Waals surface area contributed by atoms with E-state index in [1.54, 1.807) is 30.3 Å². The number of hydrogen-bond acceptors (Lipinski definition) is 9. The zero-order valence-electron chi connectivity index (χ0n) is 31.8. The predicted octanol–water partition coefficient (Wildman–Crippen LogP) is 11.1. The van der Waals surface area contributed by atoms with Crippen LogP contribution >= 0.6 is 46.4 Å². The minimum absolute atomic E-state index is 0.0417. The van der Waals surface area contributed by atoms with E-state index in [1.807, 2.05) is 66.7 Å². The number of carboxylic acids is 1. The van der Waals surface area contributed by atoms with Crippen molar-refractivity contribution in [2.75, 3.05) is 39.5 Å². The fraction of sp³-hybridized carbons (Fsp3) is 0.0909. The van der Waals surface area contributed by atoms with Crippen molar-refractivity contribution in [2.24, 2.45) is 0 Å². The summed E-state index contributed by atoms with van der Waals surface area (Å²) in [6.45, 7) is 0. The number of anilines is 2. The van der Waals surface area contributed by atoms with Crippen LogP contribution in [0.2, 0.25) is 20.1 Å². The fourth-order valence-corrected chi connectivity index (χ4v) is 6.61. The third kappa shape index (κ3) is 11.9. The van der Waals surface area contributed by atoms with Gasteiger partial charge in [0.25, 0.3) is 5.91 Å². The summed E-state index contributed by atoms with van der Waals surface area (Å²) in [5.41, 5.74) is 11.1. The van der Waals surface area contributed by atoms with E-state index in [-0.39, 0.29) is 48.3 Å². The predicted molar refractivity (Wildman–Crippen MR) is 232 cm³/mol. The Labute approximate surface area is 360 Å². The number of nitrogen functional groups attached to an aromatic ring is 1. The van der Waals surface area contributed by atoms with Gasteiger partial charge in [0, 0.05) is 15.7 Å². The molecule has 6 rings (SSSR count). The first-order valence-electron chi connectivity index (χ1n) is 17.1. The number of hydrogen-bond donors (Lipinski definition) is 3. The highest BCUT2D eigenvalue weighted by Crippen LogP contribution is 2.34. The molecule has 0 fully saturated rings. The smallest absolute Gasteiger partial charge is 0.339 e. The molecule has 59 heavy (non-hydrogen) atoms. The van der Waals surface area contributed by atoms with Gasteiger partial charge in [-0.15, -0.1) is 0 Å². The summed E-state index contributed by atoms with van der Waals surface area (Å²) in [4.78, 5) is 47.2. The van der Waals surface area contributed by atoms with E-state index in [1.165, 1.54) is 52.7 Å². The maximum absolute atomic E-state index is 12.9. The van der Waals surface area contributed by atoms with Gasteiger partial charge in [-0.2, -0.15) is 0 Å². The lowest BCUT2D eigenvalue weighted by atomic mass is 10.0. The highest BCUT2D eigenvalue weighted by Gasteiger charge is 2.21. The van der Waals surface area contributed by atoms with Gasteiger partial charge in [0.15, 0.2) is 5.75 Å². The Morgan fingerprint density at radius 3 is 1.42 bits per heavy atom. The zero-order chi connectivity index (χ0) is 43.2. The van der Waals surface area contributed by atoms with Gasteiger partial charge in [0.2, 0.25) is 0 Å². The number of methoxy groups -OCH3 is 4. The van der Waals surface area contributed by atoms with Crippen LogP contribution in [0.3, 0.4) is 0 Å². The van der Waals surface area contributed by atoms with Crippen LogP contribution in [-0.4, -0.2) is 57.4 Å². The average molecular weight is 879 g/mol. The molecule has 0 heterocycles. The standard InChI is InChI=1S/C22H17Cl2NO4.C14H13NO2.C8H6Cl2O3/c1-28-20-17(11-15(23)12-18(20)24)21(26)25-19-10-14(13-6-4-3-5-7-13)8-9-16(19)22(27)29-2;1-17-14(16)12-8-7-11(9-13(12)15)10-5-3-2-4-6-10;1-13-7-5(8(11)12)2-4(9)3-6(7)10/h3-12H,1-2H3,(H,25,26);2-9H,15H2,1H3;2-3H,1H3,(H,11,12). The number of amides is 1. The van der Waals surface area contributed by atoms with Gasteiger partial charge in [0.05, 0.1) is 60.9 Å². The Kier molecular flexibility index (Phi) is 16.6. The Morgan fingerprint density at radius 1 is 0.525 bits per heavy atom. The normalized spacial score (nSPS) is 10.1. The molecule has 4 N–H and O–H groups in total. The molecule has 304 valence electrons. The van der Waals surface area contributed by atoms with Crippen LogP contribution in [-0.2, 0) is 9.47 Å². The maximum atomic E-state index is 12.9. The van der Waals surface area contributed by atoms with E-state index in [2.05, 4.69) is 10.1 Å². The third-order valence-electron chi connectivity index (χ3n) is 8.24. The van der Waals surface area contributed by atoms with Gasteiger partial charge in [-0.05, 0) is 70.8 Å². The van der Waals surface area contributed by atoms with Gasteiger partial charge in [-0.1, -0.05) is 119 Å². The third-order valence-corrected chi connectivity index (χ3v) is 9.24. The van der Waals surface area contributed by atoms with Crippen molar-refractivity contribution in [3.8, 4) is 33.8 Å². The molecule has 0 unspecified atom stereocenters. The Bertz CT molecular complexity index is 2470. The number of carbonyl (C=O) groups excluding carboxylic acids is 3. The summed E-state index contributed by atoms with van der Waals surface area (Å²) in [6.07, 6.45) is 0. The molecule has 0 aliphatic carbocycles. The molecular formula is C44H36Cl4N2O9. The molecule has 0 aliphatic rings. The molecule has 6 aromatic rings. The largest absolute Gasteiger partial charge is 0.494 e. The van der Waals surface area contributed by atoms with Crippen LogP contribution < -0.4 is 20.5 Å². The first kappa shape index (κ1) is 45.5. The van der Waals surface area contributed by atoms with E-state index in [9.17, 15) is 19.2 Å². The molecule has 0 radical (unpaired) electrons. The van der Waals surface area contributed by atoms with Gasteiger partial charge in [-0.25, -0.2) is 14.4 Å². The maximum Gasteiger partial charge on any atom is 0.339 e. The van der Waals surface area contributed by atoms with Crippen molar-refractivity contribution >= 4 is 81.6 Å². The number of carboxylic acid groups (broad SMARTS) is 1. The van der Waals surface area contributed by atoms with Crippen LogP contribution in [0.5, 0.6) is 11.5 Å². The highest BCUT2D eigenvalue weighted by atomic mass is 35.5. The van der Waals surface area contributed by atoms with E-state index in [0.29, 0.717) is 16.9 Å². The molecule has 0 atom stereocenters. The van der Waals surface area contributed by atoms with Crippen LogP contribution in [0.25, 0.3) is 22.3 Å². The van der Waals surface area contributed by atoms with E-state index >= 15 is 0 Å². The molecule has 0 saturated carbocycles. The van der Waals surface area contributed by atoms with Gasteiger partial charge in [-0.3, -0.25) is 4.79 Å². The molecule has 1 amide bonds. The molecule has 0 spiro atoms. The number of rotatable bonds is 9. The average Bonchev–Trinajstić information content (AvgIpc) is 3.23. The van der Waals surface area contributed by atoms with Crippen LogP contribution in [0.1, 0.15) is 41.4 Å². The van der Waals surface area contributed by atoms with Crippen molar-refractivity contribution in [2.45, 2.75) is 0 Å². The molecular weight excluding hydrogens is 842 g/mol. The molecule has 6 aromatic carbocycles. The molecule has 0 saturated heterocycles. The van der Waals surface area contributed by atoms with Crippen molar-refractivity contribution in [1.29, 1.82) is 0 Å². The minimum atomic E-state index is -1.12. The fourth-order valence-electron chi connectivity index (χ4n) is 5.47. The number of carbonyl (C=O) groups is 4. The molecule has 15 heteroatoms. The summed E-state index contributed by atoms with van der Waals surface area (Å²) in [6, 6.07) is 35.5. The van der Waals surface area contributed by atoms with Crippen molar-refractivity contribution in [3.63, 3.8) is 0 Å². The molecule has 11 nitrogen and oxygen atoms in total. The summed E-state index contributed by atoms with van der Waals surface area (Å²) < 4.78 is 19.5. The number of ether oxygens (including phenoxy) is 4. The van der Waals surface area contributed by atoms with Crippen molar-refractivity contribution < 1.29 is 43.2 Å². The Morgan fingerprint density at radius 2 is 0.966 bits per heavy atom. The number of esters is 2. The molecule has 0 aromatic heterocycles. The second kappa shape index (κ2) is 21.5. The molecule has 0 bridgehead atoms. The number of halogens is 4. The molecule has 0 aliphatic heterocycles. The lowest BCUT2D eigenvalue weighted by Gasteiger charge is -2.14. The summed E-state index contributed by atoms with van der Waals surface area (Å²) >= 11 is 23.5. The first-order valence-corrected chi connectivity index (χ1v) is 18.7. The number of aromatic carboxylic acids is 1. The van der Waals surface area contributed by atoms with Crippen molar-refractivity contribution in [3.05, 3.63) is 164 Å². The van der Waals surface area contributed by atoms with Crippen LogP contribution in [0.15, 0.2) is 121 Å². The second-order valence-electron chi connectivity index (χ2n) is 12.0. The number of nitrogens with two attached hydrogens (primary N) is 1. The van der Waals surface area contributed by atoms with E-state index < -0.39 is 23.8 Å². The lowest BCUT2D eigenvalue weighted by Crippen LogP contribution is -2.16. The van der Waals surface area contributed by atoms with Gasteiger partial charge in [0.1, 0.15) is 11.3 Å². The summed E-state index contributed by atoms with van der Waals surface area (Å²) in [5.74, 6) is -2.33. The summed E-state index contributed by atoms with van der Waals surface area (Å²) in [7, 11) is 5.37. The minimum Gasteiger partial charge on any atom is -0.494 e. The Balaban J connectivity index is 0.000000216. The van der Waals surface area contributed by atoms with Crippen LogP contribution in [0, 0.1) is 0 Å². The number of benzene rings is 6. The van der Waals surface area contributed by atoms with E-state index in [4.69, 9.17) is 71.5 Å². The lowest BCUT2D eigenvalue weighted by molar-refractivity contribution is 0.0593. The van der Waals surface area contributed by atoms with Gasteiger partial charge < -0.3 is 35.1 Å².